The number of aryl methyl sites for hydroxylation is 1. The second-order valence-corrected chi connectivity index (χ2v) is 6.78. The minimum atomic E-state index is 0.0822. The largest absolute Gasteiger partial charge is 0.491 e. The standard InChI is InChI=1S/C16H26BrNO2/c1-6-19-7-8-20-15-12(2)9-14(17)10-13(15)11-18-16(3,4)5/h9-10,18H,6-8,11H2,1-5H3. The molecule has 114 valence electrons. The maximum absolute atomic E-state index is 5.90. The van der Waals surface area contributed by atoms with E-state index in [1.54, 1.807) is 0 Å². The summed E-state index contributed by atoms with van der Waals surface area (Å²) in [6, 6.07) is 4.19. The minimum Gasteiger partial charge on any atom is -0.491 e. The molecule has 0 aliphatic heterocycles. The molecule has 0 radical (unpaired) electrons. The second kappa shape index (κ2) is 8.01. The highest BCUT2D eigenvalue weighted by Crippen LogP contribution is 2.28. The van der Waals surface area contributed by atoms with E-state index in [0.717, 1.165) is 28.9 Å². The fourth-order valence-corrected chi connectivity index (χ4v) is 2.46. The van der Waals surface area contributed by atoms with Crippen molar-refractivity contribution in [1.82, 2.24) is 5.32 Å². The van der Waals surface area contributed by atoms with Crippen molar-refractivity contribution >= 4 is 15.9 Å². The first kappa shape index (κ1) is 17.5. The Hall–Kier alpha value is -0.580. The third-order valence-corrected chi connectivity index (χ3v) is 3.26. The average Bonchev–Trinajstić information content (AvgIpc) is 2.33. The molecule has 0 saturated carbocycles. The molecule has 0 aliphatic rings. The Kier molecular flexibility index (Phi) is 7.00. The maximum atomic E-state index is 5.90. The summed E-state index contributed by atoms with van der Waals surface area (Å²) in [6.45, 7) is 13.3. The smallest absolute Gasteiger partial charge is 0.126 e. The number of hydrogen-bond donors (Lipinski definition) is 1. The zero-order valence-electron chi connectivity index (χ0n) is 13.2. The molecule has 0 fully saturated rings. The van der Waals surface area contributed by atoms with Gasteiger partial charge < -0.3 is 14.8 Å². The Morgan fingerprint density at radius 3 is 2.50 bits per heavy atom. The molecule has 1 aromatic rings. The van der Waals surface area contributed by atoms with Crippen LogP contribution >= 0.6 is 15.9 Å². The molecule has 0 saturated heterocycles. The maximum Gasteiger partial charge on any atom is 0.126 e. The topological polar surface area (TPSA) is 30.5 Å². The molecule has 1 N–H and O–H groups in total. The van der Waals surface area contributed by atoms with Gasteiger partial charge in [-0.1, -0.05) is 15.9 Å². The highest BCUT2D eigenvalue weighted by molar-refractivity contribution is 9.10. The molecular formula is C16H26BrNO2. The van der Waals surface area contributed by atoms with Crippen molar-refractivity contribution in [2.24, 2.45) is 0 Å². The van der Waals surface area contributed by atoms with E-state index in [0.29, 0.717) is 13.2 Å². The van der Waals surface area contributed by atoms with Crippen molar-refractivity contribution < 1.29 is 9.47 Å². The molecule has 0 aliphatic carbocycles. The molecule has 0 bridgehead atoms. The van der Waals surface area contributed by atoms with E-state index in [2.05, 4.69) is 61.1 Å². The second-order valence-electron chi connectivity index (χ2n) is 5.86. The quantitative estimate of drug-likeness (QED) is 0.757. The Morgan fingerprint density at radius 1 is 1.20 bits per heavy atom. The number of nitrogens with one attached hydrogen (secondary N) is 1. The summed E-state index contributed by atoms with van der Waals surface area (Å²) < 4.78 is 12.3. The van der Waals surface area contributed by atoms with Crippen LogP contribution in [0.15, 0.2) is 16.6 Å². The molecule has 1 rings (SSSR count). The third kappa shape index (κ3) is 6.25. The van der Waals surface area contributed by atoms with Crippen LogP contribution in [0.4, 0.5) is 0 Å². The van der Waals surface area contributed by atoms with Crippen LogP contribution in [0.25, 0.3) is 0 Å². The van der Waals surface area contributed by atoms with E-state index in [9.17, 15) is 0 Å². The van der Waals surface area contributed by atoms with Gasteiger partial charge in [0.2, 0.25) is 0 Å². The Labute approximate surface area is 131 Å². The van der Waals surface area contributed by atoms with E-state index in [-0.39, 0.29) is 5.54 Å². The molecule has 0 unspecified atom stereocenters. The van der Waals surface area contributed by atoms with Crippen LogP contribution in [-0.4, -0.2) is 25.4 Å². The highest BCUT2D eigenvalue weighted by atomic mass is 79.9. The predicted molar refractivity (Wildman–Crippen MR) is 87.5 cm³/mol. The first-order valence-corrected chi connectivity index (χ1v) is 7.87. The van der Waals surface area contributed by atoms with Gasteiger partial charge in [-0.3, -0.25) is 0 Å². The van der Waals surface area contributed by atoms with Gasteiger partial charge in [0.1, 0.15) is 12.4 Å². The van der Waals surface area contributed by atoms with Crippen molar-refractivity contribution in [2.75, 3.05) is 19.8 Å². The monoisotopic (exact) mass is 343 g/mol. The molecule has 4 heteroatoms. The summed E-state index contributed by atoms with van der Waals surface area (Å²) in [5.74, 6) is 0.963. The number of rotatable bonds is 7. The van der Waals surface area contributed by atoms with Gasteiger partial charge in [-0.2, -0.15) is 0 Å². The number of hydrogen-bond acceptors (Lipinski definition) is 3. The van der Waals surface area contributed by atoms with E-state index < -0.39 is 0 Å². The van der Waals surface area contributed by atoms with Crippen LogP contribution in [0.3, 0.4) is 0 Å². The van der Waals surface area contributed by atoms with E-state index in [1.807, 2.05) is 6.92 Å². The Bertz CT molecular complexity index is 427. The molecule has 0 spiro atoms. The molecular weight excluding hydrogens is 318 g/mol. The number of halogens is 1. The van der Waals surface area contributed by atoms with Crippen molar-refractivity contribution in [1.29, 1.82) is 0 Å². The summed E-state index contributed by atoms with van der Waals surface area (Å²) in [5.41, 5.74) is 2.39. The third-order valence-electron chi connectivity index (χ3n) is 2.80. The Balaban J connectivity index is 2.79. The SMILES string of the molecule is CCOCCOc1c(C)cc(Br)cc1CNC(C)(C)C. The van der Waals surface area contributed by atoms with E-state index in [4.69, 9.17) is 9.47 Å². The molecule has 0 atom stereocenters. The Morgan fingerprint density at radius 2 is 1.90 bits per heavy atom. The van der Waals surface area contributed by atoms with Gasteiger partial charge in [-0.25, -0.2) is 0 Å². The van der Waals surface area contributed by atoms with Gasteiger partial charge in [-0.05, 0) is 52.3 Å². The first-order chi connectivity index (χ1) is 9.33. The highest BCUT2D eigenvalue weighted by Gasteiger charge is 2.13. The zero-order chi connectivity index (χ0) is 15.2. The van der Waals surface area contributed by atoms with Crippen LogP contribution in [0.1, 0.15) is 38.8 Å². The summed E-state index contributed by atoms with van der Waals surface area (Å²) >= 11 is 3.55. The zero-order valence-corrected chi connectivity index (χ0v) is 14.8. The number of benzene rings is 1. The molecule has 0 heterocycles. The summed E-state index contributed by atoms with van der Waals surface area (Å²) in [7, 11) is 0. The van der Waals surface area contributed by atoms with Gasteiger partial charge in [0, 0.05) is 28.7 Å². The van der Waals surface area contributed by atoms with Crippen molar-refractivity contribution in [3.63, 3.8) is 0 Å². The normalized spacial score (nSPS) is 11.7. The lowest BCUT2D eigenvalue weighted by Gasteiger charge is -2.22. The molecule has 20 heavy (non-hydrogen) atoms. The van der Waals surface area contributed by atoms with Crippen molar-refractivity contribution in [3.05, 3.63) is 27.7 Å². The van der Waals surface area contributed by atoms with Crippen molar-refractivity contribution in [3.8, 4) is 5.75 Å². The van der Waals surface area contributed by atoms with Crippen molar-refractivity contribution in [2.45, 2.75) is 46.7 Å². The fourth-order valence-electron chi connectivity index (χ4n) is 1.84. The average molecular weight is 344 g/mol. The van der Waals surface area contributed by atoms with E-state index in [1.165, 1.54) is 5.56 Å². The van der Waals surface area contributed by atoms with Gasteiger partial charge in [-0.15, -0.1) is 0 Å². The predicted octanol–water partition coefficient (Wildman–Crippen LogP) is 4.06. The lowest BCUT2D eigenvalue weighted by Crippen LogP contribution is -2.35. The van der Waals surface area contributed by atoms with Crippen LogP contribution in [0, 0.1) is 6.92 Å². The van der Waals surface area contributed by atoms with Crippen LogP contribution in [0.2, 0.25) is 0 Å². The van der Waals surface area contributed by atoms with Gasteiger partial charge in [0.25, 0.3) is 0 Å². The molecule has 0 aromatic heterocycles. The first-order valence-electron chi connectivity index (χ1n) is 7.08. The van der Waals surface area contributed by atoms with E-state index >= 15 is 0 Å². The van der Waals surface area contributed by atoms with Crippen LogP contribution in [0.5, 0.6) is 5.75 Å². The molecule has 1 aromatic carbocycles. The van der Waals surface area contributed by atoms with Gasteiger partial charge >= 0.3 is 0 Å². The minimum absolute atomic E-state index is 0.0822. The number of ether oxygens (including phenoxy) is 2. The summed E-state index contributed by atoms with van der Waals surface area (Å²) in [5, 5.41) is 3.50. The van der Waals surface area contributed by atoms with Crippen LogP contribution in [-0.2, 0) is 11.3 Å². The molecule has 0 amide bonds. The molecule has 3 nitrogen and oxygen atoms in total. The fraction of sp³-hybridized carbons (Fsp3) is 0.625. The van der Waals surface area contributed by atoms with Gasteiger partial charge in [0.15, 0.2) is 0 Å². The summed E-state index contributed by atoms with van der Waals surface area (Å²) in [4.78, 5) is 0. The lowest BCUT2D eigenvalue weighted by atomic mass is 10.1. The van der Waals surface area contributed by atoms with Gasteiger partial charge in [0.05, 0.1) is 6.61 Å². The lowest BCUT2D eigenvalue weighted by molar-refractivity contribution is 0.109. The van der Waals surface area contributed by atoms with Crippen LogP contribution < -0.4 is 10.1 Å². The summed E-state index contributed by atoms with van der Waals surface area (Å²) in [6.07, 6.45) is 0.